The van der Waals surface area contributed by atoms with Gasteiger partial charge in [-0.15, -0.1) is 24.8 Å². The Hall–Kier alpha value is -1.34. The van der Waals surface area contributed by atoms with E-state index in [0.717, 1.165) is 54.6 Å². The Kier molecular flexibility index (Phi) is 8.65. The van der Waals surface area contributed by atoms with Gasteiger partial charge in [0.25, 0.3) is 5.91 Å². The molecule has 1 amide bonds. The number of anilines is 1. The number of imidazole rings is 1. The minimum Gasteiger partial charge on any atom is -0.364 e. The van der Waals surface area contributed by atoms with E-state index in [-0.39, 0.29) is 36.8 Å². The number of benzene rings is 1. The van der Waals surface area contributed by atoms with Crippen molar-refractivity contribution in [3.05, 3.63) is 24.0 Å². The quantitative estimate of drug-likeness (QED) is 0.707. The van der Waals surface area contributed by atoms with Crippen molar-refractivity contribution in [3.8, 4) is 0 Å². The number of nitrogens with one attached hydrogen (secondary N) is 2. The van der Waals surface area contributed by atoms with E-state index in [9.17, 15) is 4.79 Å². The monoisotopic (exact) mass is 388 g/mol. The van der Waals surface area contributed by atoms with Crippen LogP contribution in [0.1, 0.15) is 38.4 Å². The van der Waals surface area contributed by atoms with Gasteiger partial charge in [-0.2, -0.15) is 0 Å². The second-order valence-corrected chi connectivity index (χ2v) is 6.07. The van der Waals surface area contributed by atoms with Crippen LogP contribution in [0.3, 0.4) is 0 Å². The number of H-pyrrole nitrogens is 1. The number of carbonyl (C=O) groups excluding carboxylic acids is 1. The van der Waals surface area contributed by atoms with Crippen molar-refractivity contribution in [1.29, 1.82) is 0 Å². The average molecular weight is 389 g/mol. The van der Waals surface area contributed by atoms with Crippen LogP contribution in [0.15, 0.2) is 18.2 Å². The van der Waals surface area contributed by atoms with Gasteiger partial charge in [0, 0.05) is 18.7 Å². The molecule has 1 fully saturated rings. The van der Waals surface area contributed by atoms with Crippen molar-refractivity contribution >= 4 is 47.4 Å². The molecule has 8 heteroatoms. The Bertz CT molecular complexity index is 692. The Balaban J connectivity index is 0.00000156. The van der Waals surface area contributed by atoms with Crippen LogP contribution in [0.4, 0.5) is 5.69 Å². The van der Waals surface area contributed by atoms with Crippen LogP contribution in [0, 0.1) is 0 Å². The highest BCUT2D eigenvalue weighted by molar-refractivity contribution is 5.96. The summed E-state index contributed by atoms with van der Waals surface area (Å²) >= 11 is 0. The number of hydrogen-bond acceptors (Lipinski definition) is 4. The number of unbranched alkanes of at least 4 members (excludes halogenated alkanes) is 1. The normalized spacial score (nSPS) is 19.3. The highest BCUT2D eigenvalue weighted by atomic mass is 35.5. The topological polar surface area (TPSA) is 93.0 Å². The van der Waals surface area contributed by atoms with Gasteiger partial charge in [0.15, 0.2) is 0 Å². The molecule has 1 saturated heterocycles. The maximum Gasteiger partial charge on any atom is 0.253 e. The lowest BCUT2D eigenvalue weighted by atomic mass is 10.2. The first-order valence-corrected chi connectivity index (χ1v) is 8.34. The van der Waals surface area contributed by atoms with Crippen LogP contribution in [-0.4, -0.2) is 34.6 Å². The lowest BCUT2D eigenvalue weighted by Crippen LogP contribution is -2.29. The summed E-state index contributed by atoms with van der Waals surface area (Å²) in [5.41, 5.74) is 8.21. The first-order chi connectivity index (χ1) is 11.2. The summed E-state index contributed by atoms with van der Waals surface area (Å²) in [6.45, 7) is 2.63. The van der Waals surface area contributed by atoms with E-state index in [2.05, 4.69) is 22.2 Å². The molecule has 0 spiro atoms. The number of fused-ring (bicyclic) bond motifs is 1. The summed E-state index contributed by atoms with van der Waals surface area (Å²) in [5, 5.41) is 2.92. The van der Waals surface area contributed by atoms with Gasteiger partial charge >= 0.3 is 0 Å². The minimum absolute atomic E-state index is 0. The Morgan fingerprint density at radius 3 is 2.88 bits per heavy atom. The number of aromatic nitrogens is 2. The number of rotatable bonds is 6. The largest absolute Gasteiger partial charge is 0.364 e. The van der Waals surface area contributed by atoms with Crippen molar-refractivity contribution in [3.63, 3.8) is 0 Å². The fraction of sp³-hybridized carbons (Fsp3) is 0.529. The zero-order valence-corrected chi connectivity index (χ0v) is 15.9. The van der Waals surface area contributed by atoms with E-state index < -0.39 is 6.10 Å². The molecule has 2 heterocycles. The SMILES string of the molecule is CCCCc1nc2ccc(NC(=O)[C@@H]3CC[C@H](CN)O3)cc2[nH]1.Cl.Cl. The van der Waals surface area contributed by atoms with Crippen LogP contribution in [0.25, 0.3) is 11.0 Å². The second-order valence-electron chi connectivity index (χ2n) is 6.07. The van der Waals surface area contributed by atoms with Crippen molar-refractivity contribution in [2.75, 3.05) is 11.9 Å². The summed E-state index contributed by atoms with van der Waals surface area (Å²) in [6, 6.07) is 5.72. The van der Waals surface area contributed by atoms with Gasteiger partial charge in [-0.1, -0.05) is 13.3 Å². The molecule has 1 aliphatic rings. The molecule has 4 N–H and O–H groups in total. The molecule has 0 aliphatic carbocycles. The number of amides is 1. The summed E-state index contributed by atoms with van der Waals surface area (Å²) in [5.74, 6) is 0.890. The summed E-state index contributed by atoms with van der Waals surface area (Å²) in [6.07, 6.45) is 4.37. The Labute approximate surface area is 160 Å². The van der Waals surface area contributed by atoms with Gasteiger partial charge in [-0.25, -0.2) is 4.98 Å². The average Bonchev–Trinajstić information content (AvgIpc) is 3.18. The molecule has 6 nitrogen and oxygen atoms in total. The van der Waals surface area contributed by atoms with Gasteiger partial charge in [0.05, 0.1) is 17.1 Å². The van der Waals surface area contributed by atoms with Gasteiger partial charge < -0.3 is 20.8 Å². The van der Waals surface area contributed by atoms with Gasteiger partial charge in [0.2, 0.25) is 0 Å². The lowest BCUT2D eigenvalue weighted by Gasteiger charge is -2.12. The Morgan fingerprint density at radius 2 is 2.20 bits per heavy atom. The van der Waals surface area contributed by atoms with Gasteiger partial charge in [-0.3, -0.25) is 4.79 Å². The molecule has 0 unspecified atom stereocenters. The number of aromatic amines is 1. The molecular weight excluding hydrogens is 363 g/mol. The maximum absolute atomic E-state index is 12.3. The number of nitrogens with two attached hydrogens (primary N) is 1. The predicted octanol–water partition coefficient (Wildman–Crippen LogP) is 3.19. The first kappa shape index (κ1) is 21.7. The van der Waals surface area contributed by atoms with Crippen molar-refractivity contribution in [2.45, 2.75) is 51.2 Å². The van der Waals surface area contributed by atoms with Crippen LogP contribution in [-0.2, 0) is 16.0 Å². The van der Waals surface area contributed by atoms with Gasteiger partial charge in [-0.05, 0) is 37.5 Å². The third-order valence-electron chi connectivity index (χ3n) is 4.23. The molecule has 25 heavy (non-hydrogen) atoms. The zero-order valence-electron chi connectivity index (χ0n) is 14.3. The van der Waals surface area contributed by atoms with Crippen LogP contribution < -0.4 is 11.1 Å². The summed E-state index contributed by atoms with van der Waals surface area (Å²) in [7, 11) is 0. The molecule has 0 saturated carbocycles. The molecule has 1 aliphatic heterocycles. The maximum atomic E-state index is 12.3. The fourth-order valence-corrected chi connectivity index (χ4v) is 2.90. The van der Waals surface area contributed by atoms with E-state index in [0.29, 0.717) is 6.54 Å². The summed E-state index contributed by atoms with van der Waals surface area (Å²) < 4.78 is 5.62. The molecule has 2 aromatic rings. The summed E-state index contributed by atoms with van der Waals surface area (Å²) in [4.78, 5) is 20.1. The van der Waals surface area contributed by atoms with E-state index in [1.807, 2.05) is 18.2 Å². The van der Waals surface area contributed by atoms with E-state index in [1.54, 1.807) is 0 Å². The second kappa shape index (κ2) is 9.97. The Morgan fingerprint density at radius 1 is 1.40 bits per heavy atom. The van der Waals surface area contributed by atoms with Crippen molar-refractivity contribution in [1.82, 2.24) is 9.97 Å². The van der Waals surface area contributed by atoms with Crippen molar-refractivity contribution in [2.24, 2.45) is 5.73 Å². The number of aryl methyl sites for hydroxylation is 1. The highest BCUT2D eigenvalue weighted by Gasteiger charge is 2.29. The number of halogens is 2. The molecule has 0 radical (unpaired) electrons. The number of nitrogens with zero attached hydrogens (tertiary/aromatic N) is 1. The van der Waals surface area contributed by atoms with E-state index >= 15 is 0 Å². The van der Waals surface area contributed by atoms with Crippen molar-refractivity contribution < 1.29 is 9.53 Å². The molecule has 140 valence electrons. The third-order valence-corrected chi connectivity index (χ3v) is 4.23. The smallest absolute Gasteiger partial charge is 0.253 e. The minimum atomic E-state index is -0.402. The standard InChI is InChI=1S/C17H24N4O2.2ClH/c1-2-3-4-16-20-13-7-5-11(9-14(13)21-16)19-17(22)15-8-6-12(10-18)23-15;;/h5,7,9,12,15H,2-4,6,8,10,18H2,1H3,(H,19,22)(H,20,21);2*1H/t12-,15+;;/m1../s1. The first-order valence-electron chi connectivity index (χ1n) is 8.34. The number of hydrogen-bond donors (Lipinski definition) is 3. The zero-order chi connectivity index (χ0) is 16.2. The van der Waals surface area contributed by atoms with Crippen LogP contribution in [0.2, 0.25) is 0 Å². The highest BCUT2D eigenvalue weighted by Crippen LogP contribution is 2.22. The molecular formula is C17H26Cl2N4O2. The third kappa shape index (κ3) is 5.31. The molecule has 3 rings (SSSR count). The fourth-order valence-electron chi connectivity index (χ4n) is 2.90. The van der Waals surface area contributed by atoms with E-state index in [4.69, 9.17) is 10.5 Å². The van der Waals surface area contributed by atoms with Crippen LogP contribution in [0.5, 0.6) is 0 Å². The van der Waals surface area contributed by atoms with Gasteiger partial charge in [0.1, 0.15) is 11.9 Å². The number of carbonyl (C=O) groups is 1. The van der Waals surface area contributed by atoms with Crippen LogP contribution >= 0.6 is 24.8 Å². The molecule has 2 atom stereocenters. The van der Waals surface area contributed by atoms with E-state index in [1.165, 1.54) is 0 Å². The predicted molar refractivity (Wildman–Crippen MR) is 105 cm³/mol. The molecule has 1 aromatic heterocycles. The molecule has 0 bridgehead atoms. The number of ether oxygens (including phenoxy) is 1. The molecule has 1 aromatic carbocycles. The lowest BCUT2D eigenvalue weighted by molar-refractivity contribution is -0.126.